The van der Waals surface area contributed by atoms with Crippen LogP contribution in [0.3, 0.4) is 0 Å². The van der Waals surface area contributed by atoms with Gasteiger partial charge < -0.3 is 30.2 Å². The lowest BCUT2D eigenvalue weighted by molar-refractivity contribution is -0.111. The number of benzene rings is 3. The van der Waals surface area contributed by atoms with Crippen LogP contribution in [0.1, 0.15) is 11.3 Å². The van der Waals surface area contributed by atoms with Gasteiger partial charge in [0.05, 0.1) is 21.3 Å². The van der Waals surface area contributed by atoms with Gasteiger partial charge in [-0.05, 0) is 79.2 Å². The largest absolute Gasteiger partial charge is 0.497 e. The summed E-state index contributed by atoms with van der Waals surface area (Å²) >= 11 is 0. The fourth-order valence-corrected chi connectivity index (χ4v) is 3.59. The van der Waals surface area contributed by atoms with Gasteiger partial charge in [-0.25, -0.2) is 4.98 Å². The van der Waals surface area contributed by atoms with Gasteiger partial charge in [0.1, 0.15) is 11.6 Å². The highest BCUT2D eigenvalue weighted by molar-refractivity contribution is 6.02. The third-order valence-electron chi connectivity index (χ3n) is 5.46. The van der Waals surface area contributed by atoms with Gasteiger partial charge in [0, 0.05) is 34.9 Å². The number of hydrogen-bond acceptors (Lipinski definition) is 8. The summed E-state index contributed by atoms with van der Waals surface area (Å²) < 4.78 is 15.7. The van der Waals surface area contributed by atoms with Crippen molar-refractivity contribution in [3.8, 4) is 17.2 Å². The molecule has 0 atom stereocenters. The van der Waals surface area contributed by atoms with Crippen molar-refractivity contribution in [1.29, 1.82) is 0 Å². The van der Waals surface area contributed by atoms with Gasteiger partial charge >= 0.3 is 0 Å². The third kappa shape index (κ3) is 7.01. The molecule has 1 aromatic heterocycles. The number of carbonyl (C=O) groups excluding carboxylic acids is 1. The molecule has 0 saturated heterocycles. The van der Waals surface area contributed by atoms with Crippen LogP contribution in [0.25, 0.3) is 6.08 Å². The molecule has 4 rings (SSSR count). The van der Waals surface area contributed by atoms with Crippen LogP contribution < -0.4 is 30.2 Å². The second-order valence-electron chi connectivity index (χ2n) is 8.21. The Balaban J connectivity index is 1.36. The van der Waals surface area contributed by atoms with E-state index >= 15 is 0 Å². The highest BCUT2D eigenvalue weighted by Gasteiger charge is 2.06. The Labute approximate surface area is 221 Å². The second-order valence-corrected chi connectivity index (χ2v) is 8.21. The topological polar surface area (TPSA) is 107 Å². The lowest BCUT2D eigenvalue weighted by Crippen LogP contribution is -2.07. The Bertz CT molecular complexity index is 1420. The summed E-state index contributed by atoms with van der Waals surface area (Å²) in [5.74, 6) is 2.87. The first-order valence-electron chi connectivity index (χ1n) is 11.8. The van der Waals surface area contributed by atoms with Crippen LogP contribution in [0, 0.1) is 6.92 Å². The van der Waals surface area contributed by atoms with Gasteiger partial charge in [-0.3, -0.25) is 4.79 Å². The van der Waals surface area contributed by atoms with E-state index in [1.54, 1.807) is 51.7 Å². The van der Waals surface area contributed by atoms with E-state index in [1.165, 1.54) is 6.08 Å². The molecule has 0 aliphatic rings. The minimum Gasteiger partial charge on any atom is -0.497 e. The number of carbonyl (C=O) groups is 1. The van der Waals surface area contributed by atoms with E-state index in [1.807, 2.05) is 55.5 Å². The highest BCUT2D eigenvalue weighted by atomic mass is 16.5. The average Bonchev–Trinajstić information content (AvgIpc) is 2.93. The quantitative estimate of drug-likeness (QED) is 0.224. The molecule has 0 aliphatic heterocycles. The number of anilines is 5. The number of aromatic nitrogens is 2. The maximum Gasteiger partial charge on any atom is 0.248 e. The Hall–Kier alpha value is -5.05. The van der Waals surface area contributed by atoms with E-state index in [0.29, 0.717) is 29.0 Å². The summed E-state index contributed by atoms with van der Waals surface area (Å²) in [5, 5.41) is 9.33. The number of nitrogens with zero attached hydrogens (tertiary/aromatic N) is 2. The molecule has 0 spiro atoms. The van der Waals surface area contributed by atoms with E-state index in [0.717, 1.165) is 28.4 Å². The number of aryl methyl sites for hydroxylation is 1. The first-order chi connectivity index (χ1) is 18.4. The fraction of sp³-hybridized carbons (Fsp3) is 0.138. The smallest absolute Gasteiger partial charge is 0.248 e. The Kier molecular flexibility index (Phi) is 8.40. The zero-order chi connectivity index (χ0) is 26.9. The van der Waals surface area contributed by atoms with Crippen LogP contribution in [0.2, 0.25) is 0 Å². The molecule has 9 heteroatoms. The van der Waals surface area contributed by atoms with Crippen LogP contribution in [0.15, 0.2) is 78.9 Å². The summed E-state index contributed by atoms with van der Waals surface area (Å²) in [7, 11) is 4.78. The molecule has 194 valence electrons. The molecule has 0 aliphatic carbocycles. The van der Waals surface area contributed by atoms with E-state index < -0.39 is 0 Å². The molecule has 9 nitrogen and oxygen atoms in total. The van der Waals surface area contributed by atoms with Gasteiger partial charge in [-0.1, -0.05) is 6.07 Å². The molecular formula is C29H29N5O4. The normalized spacial score (nSPS) is 10.6. The maximum absolute atomic E-state index is 12.4. The van der Waals surface area contributed by atoms with E-state index in [4.69, 9.17) is 14.2 Å². The van der Waals surface area contributed by atoms with Gasteiger partial charge in [0.2, 0.25) is 11.9 Å². The van der Waals surface area contributed by atoms with Crippen LogP contribution in [0.4, 0.5) is 28.8 Å². The monoisotopic (exact) mass is 511 g/mol. The number of amides is 1. The molecule has 4 aromatic rings. The van der Waals surface area contributed by atoms with Crippen molar-refractivity contribution >= 4 is 40.8 Å². The number of nitrogens with one attached hydrogen (secondary N) is 3. The zero-order valence-corrected chi connectivity index (χ0v) is 21.6. The first kappa shape index (κ1) is 26.0. The van der Waals surface area contributed by atoms with Gasteiger partial charge in [-0.2, -0.15) is 4.98 Å². The van der Waals surface area contributed by atoms with E-state index in [2.05, 4.69) is 25.9 Å². The summed E-state index contributed by atoms with van der Waals surface area (Å²) in [6.07, 6.45) is 3.17. The van der Waals surface area contributed by atoms with Crippen molar-refractivity contribution in [2.45, 2.75) is 6.92 Å². The van der Waals surface area contributed by atoms with Crippen molar-refractivity contribution in [3.63, 3.8) is 0 Å². The molecule has 0 radical (unpaired) electrons. The molecule has 38 heavy (non-hydrogen) atoms. The second kappa shape index (κ2) is 12.3. The van der Waals surface area contributed by atoms with Gasteiger partial charge in [0.15, 0.2) is 11.5 Å². The van der Waals surface area contributed by atoms with Crippen LogP contribution in [-0.2, 0) is 4.79 Å². The number of hydrogen-bond donors (Lipinski definition) is 3. The lowest BCUT2D eigenvalue weighted by atomic mass is 10.2. The number of rotatable bonds is 10. The summed E-state index contributed by atoms with van der Waals surface area (Å²) in [4.78, 5) is 21.4. The van der Waals surface area contributed by atoms with Crippen molar-refractivity contribution in [1.82, 2.24) is 9.97 Å². The average molecular weight is 512 g/mol. The number of ether oxygens (including phenoxy) is 3. The minimum absolute atomic E-state index is 0.253. The lowest BCUT2D eigenvalue weighted by Gasteiger charge is -2.11. The Morgan fingerprint density at radius 3 is 2.08 bits per heavy atom. The van der Waals surface area contributed by atoms with Gasteiger partial charge in [-0.15, -0.1) is 0 Å². The summed E-state index contributed by atoms with van der Waals surface area (Å²) in [5.41, 5.74) is 3.95. The first-order valence-corrected chi connectivity index (χ1v) is 11.8. The fourth-order valence-electron chi connectivity index (χ4n) is 3.59. The molecular weight excluding hydrogens is 482 g/mol. The van der Waals surface area contributed by atoms with E-state index in [9.17, 15) is 4.79 Å². The summed E-state index contributed by atoms with van der Waals surface area (Å²) in [6.45, 7) is 1.90. The van der Waals surface area contributed by atoms with E-state index in [-0.39, 0.29) is 5.91 Å². The van der Waals surface area contributed by atoms with Crippen molar-refractivity contribution in [2.75, 3.05) is 37.3 Å². The molecule has 3 aromatic carbocycles. The molecule has 0 bridgehead atoms. The predicted molar refractivity (Wildman–Crippen MR) is 150 cm³/mol. The molecule has 3 N–H and O–H groups in total. The highest BCUT2D eigenvalue weighted by Crippen LogP contribution is 2.28. The predicted octanol–water partition coefficient (Wildman–Crippen LogP) is 5.95. The van der Waals surface area contributed by atoms with Crippen LogP contribution in [0.5, 0.6) is 17.2 Å². The summed E-state index contributed by atoms with van der Waals surface area (Å²) in [6, 6.07) is 22.2. The van der Waals surface area contributed by atoms with Gasteiger partial charge in [0.25, 0.3) is 0 Å². The molecule has 1 amide bonds. The van der Waals surface area contributed by atoms with Crippen LogP contribution in [-0.4, -0.2) is 37.2 Å². The SMILES string of the molecule is COc1ccc(Nc2cc(C)nc(Nc3ccc(NC(=O)/C=C/c4ccc(OC)c(OC)c4)cc3)n2)cc1. The number of methoxy groups -OCH3 is 3. The molecule has 0 unspecified atom stereocenters. The van der Waals surface area contributed by atoms with Crippen molar-refractivity contribution < 1.29 is 19.0 Å². The third-order valence-corrected chi connectivity index (χ3v) is 5.46. The van der Waals surface area contributed by atoms with Crippen molar-refractivity contribution in [2.24, 2.45) is 0 Å². The standard InChI is InChI=1S/C29H29N5O4/c1-19-17-27(31-21-11-13-24(36-2)14-12-21)34-29(30-19)33-23-9-7-22(8-10-23)32-28(35)16-6-20-5-15-25(37-3)26(18-20)38-4/h5-18H,1-4H3,(H,32,35)(H2,30,31,33,34)/b16-6+. The van der Waals surface area contributed by atoms with Crippen LogP contribution >= 0.6 is 0 Å². The Morgan fingerprint density at radius 2 is 1.39 bits per heavy atom. The Morgan fingerprint density at radius 1 is 0.737 bits per heavy atom. The zero-order valence-electron chi connectivity index (χ0n) is 21.6. The molecule has 1 heterocycles. The minimum atomic E-state index is -0.253. The maximum atomic E-state index is 12.4. The molecule has 0 fully saturated rings. The molecule has 0 saturated carbocycles. The van der Waals surface area contributed by atoms with Crippen molar-refractivity contribution in [3.05, 3.63) is 90.1 Å².